The molecule has 0 amide bonds. The first-order valence-corrected chi connectivity index (χ1v) is 7.92. The van der Waals surface area contributed by atoms with Crippen LogP contribution >= 0.6 is 0 Å². The van der Waals surface area contributed by atoms with E-state index in [1.165, 1.54) is 0 Å². The standard InChI is InChI=1S/C18H17F6NO4/c1-4-16(15(27)29-3,6-5-14(26)28-2)25-10-11-7-12(17(19,20)21)9-13(8-11)18(22,23)24/h4,7-10H,1,5-6H2,2-3H3/b25-10+. The van der Waals surface area contributed by atoms with Crippen molar-refractivity contribution in [2.75, 3.05) is 14.2 Å². The predicted molar refractivity (Wildman–Crippen MR) is 90.2 cm³/mol. The van der Waals surface area contributed by atoms with E-state index >= 15 is 0 Å². The summed E-state index contributed by atoms with van der Waals surface area (Å²) in [5.74, 6) is -1.72. The van der Waals surface area contributed by atoms with Crippen LogP contribution in [-0.2, 0) is 31.4 Å². The highest BCUT2D eigenvalue weighted by Crippen LogP contribution is 2.36. The molecule has 1 rings (SSSR count). The summed E-state index contributed by atoms with van der Waals surface area (Å²) in [6.45, 7) is 3.41. The first-order chi connectivity index (χ1) is 13.3. The fraction of sp³-hybridized carbons (Fsp3) is 0.389. The topological polar surface area (TPSA) is 65.0 Å². The third-order valence-corrected chi connectivity index (χ3v) is 3.87. The lowest BCUT2D eigenvalue weighted by Crippen LogP contribution is -2.36. The van der Waals surface area contributed by atoms with Gasteiger partial charge in [-0.2, -0.15) is 26.3 Å². The van der Waals surface area contributed by atoms with Gasteiger partial charge in [-0.1, -0.05) is 6.08 Å². The van der Waals surface area contributed by atoms with Gasteiger partial charge in [-0.15, -0.1) is 6.58 Å². The normalized spacial score (nSPS) is 14.3. The van der Waals surface area contributed by atoms with Crippen LogP contribution in [0.3, 0.4) is 0 Å². The van der Waals surface area contributed by atoms with Crippen molar-refractivity contribution in [2.45, 2.75) is 30.7 Å². The maximum Gasteiger partial charge on any atom is 0.416 e. The molecule has 5 nitrogen and oxygen atoms in total. The van der Waals surface area contributed by atoms with E-state index < -0.39 is 46.5 Å². The Morgan fingerprint density at radius 3 is 1.90 bits per heavy atom. The third-order valence-electron chi connectivity index (χ3n) is 3.87. The van der Waals surface area contributed by atoms with E-state index in [9.17, 15) is 35.9 Å². The molecule has 0 saturated heterocycles. The van der Waals surface area contributed by atoms with Crippen molar-refractivity contribution >= 4 is 18.2 Å². The molecule has 160 valence electrons. The number of ether oxygens (including phenoxy) is 2. The second kappa shape index (κ2) is 9.10. The van der Waals surface area contributed by atoms with Crippen LogP contribution < -0.4 is 0 Å². The highest BCUT2D eigenvalue weighted by molar-refractivity contribution is 5.89. The van der Waals surface area contributed by atoms with Gasteiger partial charge < -0.3 is 9.47 Å². The van der Waals surface area contributed by atoms with Crippen molar-refractivity contribution < 1.29 is 45.4 Å². The van der Waals surface area contributed by atoms with Crippen LogP contribution in [0.25, 0.3) is 0 Å². The highest BCUT2D eigenvalue weighted by atomic mass is 19.4. The second-order valence-electron chi connectivity index (χ2n) is 5.79. The zero-order valence-corrected chi connectivity index (χ0v) is 15.4. The molecule has 11 heteroatoms. The van der Waals surface area contributed by atoms with Gasteiger partial charge in [0.1, 0.15) is 0 Å². The molecule has 0 bridgehead atoms. The number of aliphatic imine (C=N–C) groups is 1. The smallest absolute Gasteiger partial charge is 0.416 e. The summed E-state index contributed by atoms with van der Waals surface area (Å²) in [5, 5.41) is 0. The van der Waals surface area contributed by atoms with Crippen molar-refractivity contribution in [1.82, 2.24) is 0 Å². The number of hydrogen-bond donors (Lipinski definition) is 0. The van der Waals surface area contributed by atoms with E-state index in [1.807, 2.05) is 0 Å². The number of hydrogen-bond acceptors (Lipinski definition) is 5. The fourth-order valence-corrected chi connectivity index (χ4v) is 2.27. The summed E-state index contributed by atoms with van der Waals surface area (Å²) in [6, 6.07) is 0.865. The van der Waals surface area contributed by atoms with Crippen LogP contribution in [-0.4, -0.2) is 37.9 Å². The molecule has 0 heterocycles. The monoisotopic (exact) mass is 425 g/mol. The number of methoxy groups -OCH3 is 2. The molecule has 1 aromatic rings. The summed E-state index contributed by atoms with van der Waals surface area (Å²) >= 11 is 0. The van der Waals surface area contributed by atoms with E-state index in [4.69, 9.17) is 0 Å². The lowest BCUT2D eigenvalue weighted by molar-refractivity contribution is -0.147. The van der Waals surface area contributed by atoms with E-state index in [1.54, 1.807) is 0 Å². The molecular weight excluding hydrogens is 408 g/mol. The average Bonchev–Trinajstić information content (AvgIpc) is 2.66. The lowest BCUT2D eigenvalue weighted by atomic mass is 9.94. The number of rotatable bonds is 7. The maximum atomic E-state index is 13.0. The molecule has 1 atom stereocenters. The van der Waals surface area contributed by atoms with Gasteiger partial charge in [0.15, 0.2) is 5.54 Å². The van der Waals surface area contributed by atoms with Crippen molar-refractivity contribution in [3.05, 3.63) is 47.5 Å². The van der Waals surface area contributed by atoms with E-state index in [0.717, 1.165) is 20.3 Å². The fourth-order valence-electron chi connectivity index (χ4n) is 2.27. The molecule has 0 fully saturated rings. The SMILES string of the molecule is C=CC(CCC(=O)OC)(/N=C/c1cc(C(F)(F)F)cc(C(F)(F)F)c1)C(=O)OC. The van der Waals surface area contributed by atoms with Crippen LogP contribution in [0.1, 0.15) is 29.5 Å². The Morgan fingerprint density at radius 2 is 1.52 bits per heavy atom. The Kier molecular flexibility index (Phi) is 7.59. The summed E-state index contributed by atoms with van der Waals surface area (Å²) in [4.78, 5) is 27.3. The van der Waals surface area contributed by atoms with Crippen molar-refractivity contribution in [3.8, 4) is 0 Å². The molecule has 0 aliphatic rings. The molecule has 1 aromatic carbocycles. The molecule has 29 heavy (non-hydrogen) atoms. The molecule has 0 N–H and O–H groups in total. The van der Waals surface area contributed by atoms with E-state index in [0.29, 0.717) is 18.3 Å². The van der Waals surface area contributed by atoms with Crippen LogP contribution in [0.4, 0.5) is 26.3 Å². The van der Waals surface area contributed by atoms with Crippen molar-refractivity contribution in [3.63, 3.8) is 0 Å². The van der Waals surface area contributed by atoms with Crippen LogP contribution in [0.2, 0.25) is 0 Å². The Balaban J connectivity index is 3.45. The number of benzene rings is 1. The minimum atomic E-state index is -5.04. The third kappa shape index (κ3) is 6.33. The van der Waals surface area contributed by atoms with Gasteiger partial charge in [-0.3, -0.25) is 9.79 Å². The van der Waals surface area contributed by atoms with Gasteiger partial charge >= 0.3 is 24.3 Å². The predicted octanol–water partition coefficient (Wildman–Crippen LogP) is 4.19. The summed E-state index contributed by atoms with van der Waals surface area (Å²) < 4.78 is 86.8. The van der Waals surface area contributed by atoms with E-state index in [2.05, 4.69) is 21.0 Å². The zero-order chi connectivity index (χ0) is 22.5. The zero-order valence-electron chi connectivity index (χ0n) is 15.4. The minimum Gasteiger partial charge on any atom is -0.469 e. The molecule has 1 unspecified atom stereocenters. The number of alkyl halides is 6. The summed E-state index contributed by atoms with van der Waals surface area (Å²) in [7, 11) is 2.10. The number of halogens is 6. The first-order valence-electron chi connectivity index (χ1n) is 7.92. The van der Waals surface area contributed by atoms with Gasteiger partial charge in [-0.25, -0.2) is 4.79 Å². The Hall–Kier alpha value is -2.85. The van der Waals surface area contributed by atoms with Crippen molar-refractivity contribution in [2.24, 2.45) is 4.99 Å². The van der Waals surface area contributed by atoms with Gasteiger partial charge in [0.05, 0.1) is 25.3 Å². The Bertz CT molecular complexity index is 768. The number of carbonyl (C=O) groups is 2. The molecule has 0 radical (unpaired) electrons. The lowest BCUT2D eigenvalue weighted by Gasteiger charge is -2.22. The Morgan fingerprint density at radius 1 is 1.00 bits per heavy atom. The van der Waals surface area contributed by atoms with Crippen LogP contribution in [0.15, 0.2) is 35.8 Å². The molecular formula is C18H17F6NO4. The quantitative estimate of drug-likeness (QED) is 0.284. The molecule has 0 aliphatic heterocycles. The number of nitrogens with zero attached hydrogens (tertiary/aromatic N) is 1. The van der Waals surface area contributed by atoms with Crippen LogP contribution in [0, 0.1) is 0 Å². The van der Waals surface area contributed by atoms with Crippen LogP contribution in [0.5, 0.6) is 0 Å². The minimum absolute atomic E-state index is 0.0321. The second-order valence-corrected chi connectivity index (χ2v) is 5.79. The highest BCUT2D eigenvalue weighted by Gasteiger charge is 2.38. The van der Waals surface area contributed by atoms with E-state index in [-0.39, 0.29) is 18.9 Å². The molecule has 0 aliphatic carbocycles. The Labute approximate surface area is 162 Å². The summed E-state index contributed by atoms with van der Waals surface area (Å²) in [6.07, 6.45) is -9.07. The van der Waals surface area contributed by atoms with Gasteiger partial charge in [-0.05, 0) is 30.2 Å². The number of carbonyl (C=O) groups excluding carboxylic acids is 2. The summed E-state index contributed by atoms with van der Waals surface area (Å²) in [5.41, 5.74) is -5.54. The van der Waals surface area contributed by atoms with Crippen molar-refractivity contribution in [1.29, 1.82) is 0 Å². The van der Waals surface area contributed by atoms with Gasteiger partial charge in [0.2, 0.25) is 0 Å². The molecule has 0 saturated carbocycles. The molecule has 0 aromatic heterocycles. The average molecular weight is 425 g/mol. The first kappa shape index (κ1) is 24.2. The maximum absolute atomic E-state index is 13.0. The largest absolute Gasteiger partial charge is 0.469 e. The number of esters is 2. The van der Waals surface area contributed by atoms with Gasteiger partial charge in [0.25, 0.3) is 0 Å². The van der Waals surface area contributed by atoms with Gasteiger partial charge in [0, 0.05) is 12.6 Å². The molecule has 0 spiro atoms.